The number of Topliss-reactive ketones (excluding diaryl/α,β-unsaturated/α-hetero) is 1. The quantitative estimate of drug-likeness (QED) is 0.719. The average molecular weight is 323 g/mol. The first-order valence-corrected chi connectivity index (χ1v) is 7.18. The van der Waals surface area contributed by atoms with E-state index in [4.69, 9.17) is 11.6 Å². The van der Waals surface area contributed by atoms with E-state index in [1.54, 1.807) is 0 Å². The summed E-state index contributed by atoms with van der Waals surface area (Å²) in [5.41, 5.74) is 0.179. The minimum absolute atomic E-state index is 0.0720. The normalized spacial score (nSPS) is 23.1. The first-order valence-electron chi connectivity index (χ1n) is 6.80. The minimum Gasteiger partial charge on any atom is -0.299 e. The summed E-state index contributed by atoms with van der Waals surface area (Å²) >= 11 is 5.62. The highest BCUT2D eigenvalue weighted by atomic mass is 35.5. The molecule has 1 saturated carbocycles. The van der Waals surface area contributed by atoms with E-state index in [1.165, 1.54) is 12.1 Å². The summed E-state index contributed by atoms with van der Waals surface area (Å²) in [5.74, 6) is -2.99. The van der Waals surface area contributed by atoms with Crippen molar-refractivity contribution < 1.29 is 22.4 Å². The van der Waals surface area contributed by atoms with E-state index in [-0.39, 0.29) is 35.6 Å². The Kier molecular flexibility index (Phi) is 4.91. The van der Waals surface area contributed by atoms with Gasteiger partial charge in [-0.15, -0.1) is 0 Å². The molecule has 2 unspecified atom stereocenters. The van der Waals surface area contributed by atoms with Gasteiger partial charge in [-0.3, -0.25) is 4.79 Å². The minimum atomic E-state index is -4.26. The van der Waals surface area contributed by atoms with Gasteiger partial charge in [-0.2, -0.15) is 13.2 Å². The van der Waals surface area contributed by atoms with Gasteiger partial charge in [0, 0.05) is 17.4 Å². The molecule has 1 aliphatic rings. The second kappa shape index (κ2) is 6.34. The highest BCUT2D eigenvalue weighted by Gasteiger charge is 2.43. The van der Waals surface area contributed by atoms with E-state index in [9.17, 15) is 22.4 Å². The summed E-state index contributed by atoms with van der Waals surface area (Å²) in [4.78, 5) is 12.1. The van der Waals surface area contributed by atoms with Gasteiger partial charge < -0.3 is 0 Å². The van der Waals surface area contributed by atoms with Gasteiger partial charge in [0.25, 0.3) is 0 Å². The average Bonchev–Trinajstić information content (AvgIpc) is 2.41. The van der Waals surface area contributed by atoms with Crippen LogP contribution >= 0.6 is 11.6 Å². The Morgan fingerprint density at radius 1 is 1.29 bits per heavy atom. The van der Waals surface area contributed by atoms with Crippen molar-refractivity contribution in [1.29, 1.82) is 0 Å². The molecular formula is C15H15ClF4O. The Bertz CT molecular complexity index is 527. The number of carbonyl (C=O) groups excluding carboxylic acids is 1. The molecule has 2 rings (SSSR count). The fourth-order valence-corrected chi connectivity index (χ4v) is 2.94. The van der Waals surface area contributed by atoms with Gasteiger partial charge in [-0.25, -0.2) is 4.39 Å². The number of benzene rings is 1. The topological polar surface area (TPSA) is 17.1 Å². The van der Waals surface area contributed by atoms with Crippen LogP contribution in [0.1, 0.15) is 31.2 Å². The van der Waals surface area contributed by atoms with E-state index >= 15 is 0 Å². The van der Waals surface area contributed by atoms with Gasteiger partial charge in [0.05, 0.1) is 5.92 Å². The number of carbonyl (C=O) groups is 1. The van der Waals surface area contributed by atoms with Gasteiger partial charge in [0.1, 0.15) is 11.6 Å². The molecule has 116 valence electrons. The summed E-state index contributed by atoms with van der Waals surface area (Å²) in [5, 5.41) is 0.221. The van der Waals surface area contributed by atoms with E-state index in [0.29, 0.717) is 12.8 Å². The molecule has 1 aromatic carbocycles. The molecule has 1 aliphatic carbocycles. The summed E-state index contributed by atoms with van der Waals surface area (Å²) in [6.45, 7) is 0. The third-order valence-corrected chi connectivity index (χ3v) is 4.21. The Balaban J connectivity index is 2.03. The first kappa shape index (κ1) is 16.3. The van der Waals surface area contributed by atoms with Crippen LogP contribution in [0, 0.1) is 17.7 Å². The molecular weight excluding hydrogens is 308 g/mol. The second-order valence-electron chi connectivity index (χ2n) is 5.48. The smallest absolute Gasteiger partial charge is 0.299 e. The lowest BCUT2D eigenvalue weighted by atomic mass is 9.78. The maximum absolute atomic E-state index is 13.6. The lowest BCUT2D eigenvalue weighted by Crippen LogP contribution is -2.32. The zero-order valence-electron chi connectivity index (χ0n) is 11.2. The molecule has 1 fully saturated rings. The van der Waals surface area contributed by atoms with Crippen LogP contribution in [0.5, 0.6) is 0 Å². The van der Waals surface area contributed by atoms with Crippen LogP contribution in [-0.4, -0.2) is 12.0 Å². The molecule has 0 aliphatic heterocycles. The Labute approximate surface area is 125 Å². The van der Waals surface area contributed by atoms with E-state index in [1.807, 2.05) is 0 Å². The maximum Gasteiger partial charge on any atom is 0.391 e. The van der Waals surface area contributed by atoms with Crippen LogP contribution in [0.4, 0.5) is 17.6 Å². The largest absolute Gasteiger partial charge is 0.391 e. The zero-order chi connectivity index (χ0) is 15.6. The first-order chi connectivity index (χ1) is 9.77. The van der Waals surface area contributed by atoms with Crippen molar-refractivity contribution in [3.63, 3.8) is 0 Å². The molecule has 21 heavy (non-hydrogen) atoms. The Hall–Kier alpha value is -1.10. The van der Waals surface area contributed by atoms with Gasteiger partial charge in [-0.05, 0) is 37.0 Å². The van der Waals surface area contributed by atoms with Crippen LogP contribution in [0.25, 0.3) is 0 Å². The third kappa shape index (κ3) is 4.19. The maximum atomic E-state index is 13.6. The van der Waals surface area contributed by atoms with Gasteiger partial charge >= 0.3 is 6.18 Å². The van der Waals surface area contributed by atoms with Gasteiger partial charge in [0.2, 0.25) is 0 Å². The van der Waals surface area contributed by atoms with Crippen molar-refractivity contribution in [2.75, 3.05) is 0 Å². The van der Waals surface area contributed by atoms with Crippen LogP contribution in [0.15, 0.2) is 18.2 Å². The fraction of sp³-hybridized carbons (Fsp3) is 0.533. The van der Waals surface area contributed by atoms with E-state index < -0.39 is 23.8 Å². The highest BCUT2D eigenvalue weighted by molar-refractivity contribution is 6.30. The Morgan fingerprint density at radius 3 is 2.62 bits per heavy atom. The van der Waals surface area contributed by atoms with Crippen molar-refractivity contribution >= 4 is 17.4 Å². The number of rotatable bonds is 3. The molecule has 0 spiro atoms. The molecule has 0 saturated heterocycles. The number of alkyl halides is 3. The van der Waals surface area contributed by atoms with Crippen molar-refractivity contribution in [2.45, 2.75) is 38.3 Å². The molecule has 1 aromatic rings. The molecule has 1 nitrogen and oxygen atoms in total. The molecule has 0 amide bonds. The molecule has 2 atom stereocenters. The monoisotopic (exact) mass is 322 g/mol. The Morgan fingerprint density at radius 2 is 2.00 bits per heavy atom. The predicted octanol–water partition coefficient (Wildman–Crippen LogP) is 4.96. The number of hydrogen-bond acceptors (Lipinski definition) is 1. The zero-order valence-corrected chi connectivity index (χ0v) is 12.0. The highest BCUT2D eigenvalue weighted by Crippen LogP contribution is 2.40. The second-order valence-corrected chi connectivity index (χ2v) is 5.92. The SMILES string of the molecule is O=C(Cc1ccc(Cl)cc1F)C1CCCC(C(F)(F)F)C1. The molecule has 6 heteroatoms. The van der Waals surface area contributed by atoms with E-state index in [2.05, 4.69) is 0 Å². The van der Waals surface area contributed by atoms with Crippen molar-refractivity contribution in [1.82, 2.24) is 0 Å². The fourth-order valence-electron chi connectivity index (χ4n) is 2.78. The molecule has 0 bridgehead atoms. The molecule has 0 radical (unpaired) electrons. The van der Waals surface area contributed by atoms with Crippen molar-refractivity contribution in [3.8, 4) is 0 Å². The summed E-state index contributed by atoms with van der Waals surface area (Å²) in [7, 11) is 0. The number of ketones is 1. The van der Waals surface area contributed by atoms with E-state index in [0.717, 1.165) is 6.07 Å². The standard InChI is InChI=1S/C15H15ClF4O/c16-12-5-4-9(13(17)8-12)7-14(21)10-2-1-3-11(6-10)15(18,19)20/h4-5,8,10-11H,1-3,6-7H2. The predicted molar refractivity (Wildman–Crippen MR) is 71.6 cm³/mol. The van der Waals surface area contributed by atoms with Gasteiger partial charge in [-0.1, -0.05) is 24.1 Å². The summed E-state index contributed by atoms with van der Waals surface area (Å²) in [6, 6.07) is 3.97. The molecule has 0 N–H and O–H groups in total. The summed E-state index contributed by atoms with van der Waals surface area (Å²) < 4.78 is 51.8. The third-order valence-electron chi connectivity index (χ3n) is 3.97. The van der Waals surface area contributed by atoms with Crippen LogP contribution in [0.2, 0.25) is 5.02 Å². The lowest BCUT2D eigenvalue weighted by molar-refractivity contribution is -0.186. The van der Waals surface area contributed by atoms with Crippen molar-refractivity contribution in [2.24, 2.45) is 11.8 Å². The lowest BCUT2D eigenvalue weighted by Gasteiger charge is -2.29. The van der Waals surface area contributed by atoms with Crippen LogP contribution in [-0.2, 0) is 11.2 Å². The molecule has 0 heterocycles. The number of halogens is 5. The van der Waals surface area contributed by atoms with Crippen LogP contribution in [0.3, 0.4) is 0 Å². The van der Waals surface area contributed by atoms with Crippen molar-refractivity contribution in [3.05, 3.63) is 34.6 Å². The van der Waals surface area contributed by atoms with Gasteiger partial charge in [0.15, 0.2) is 0 Å². The number of hydrogen-bond donors (Lipinski definition) is 0. The molecule has 0 aromatic heterocycles. The summed E-state index contributed by atoms with van der Waals surface area (Å²) in [6.07, 6.45) is -3.73. The van der Waals surface area contributed by atoms with Crippen LogP contribution < -0.4 is 0 Å².